The zero-order valence-electron chi connectivity index (χ0n) is 9.93. The van der Waals surface area contributed by atoms with Gasteiger partial charge < -0.3 is 5.32 Å². The SMILES string of the molecule is CNC(c1cc(Br)sc1C)c1cccc(Cl)c1F. The molecule has 1 aromatic heterocycles. The molecule has 0 aliphatic carbocycles. The first-order valence-electron chi connectivity index (χ1n) is 5.41. The number of benzene rings is 1. The van der Waals surface area contributed by atoms with Crippen LogP contribution < -0.4 is 5.32 Å². The highest BCUT2D eigenvalue weighted by Gasteiger charge is 2.20. The normalized spacial score (nSPS) is 12.7. The molecule has 0 saturated carbocycles. The Morgan fingerprint density at radius 1 is 1.39 bits per heavy atom. The highest BCUT2D eigenvalue weighted by molar-refractivity contribution is 9.11. The van der Waals surface area contributed by atoms with Crippen molar-refractivity contribution < 1.29 is 4.39 Å². The van der Waals surface area contributed by atoms with Crippen molar-refractivity contribution in [3.63, 3.8) is 0 Å². The fourth-order valence-electron chi connectivity index (χ4n) is 1.97. The van der Waals surface area contributed by atoms with Crippen molar-refractivity contribution in [3.05, 3.63) is 54.9 Å². The zero-order valence-corrected chi connectivity index (χ0v) is 13.1. The van der Waals surface area contributed by atoms with Gasteiger partial charge in [-0.15, -0.1) is 11.3 Å². The van der Waals surface area contributed by atoms with Crippen molar-refractivity contribution in [1.29, 1.82) is 0 Å². The van der Waals surface area contributed by atoms with Gasteiger partial charge in [0, 0.05) is 10.4 Å². The van der Waals surface area contributed by atoms with Gasteiger partial charge in [0.25, 0.3) is 0 Å². The maximum absolute atomic E-state index is 14.1. The molecule has 0 amide bonds. The first-order chi connectivity index (χ1) is 8.54. The van der Waals surface area contributed by atoms with Crippen LogP contribution in [0, 0.1) is 12.7 Å². The Labute approximate surface area is 123 Å². The molecule has 1 N–H and O–H groups in total. The molecule has 2 aromatic rings. The van der Waals surface area contributed by atoms with Crippen molar-refractivity contribution in [1.82, 2.24) is 5.32 Å². The third kappa shape index (κ3) is 2.62. The van der Waals surface area contributed by atoms with E-state index < -0.39 is 0 Å². The minimum atomic E-state index is -0.361. The Morgan fingerprint density at radius 2 is 2.11 bits per heavy atom. The Balaban J connectivity index is 2.52. The van der Waals surface area contributed by atoms with Crippen LogP contribution in [0.3, 0.4) is 0 Å². The molecule has 0 saturated heterocycles. The lowest BCUT2D eigenvalue weighted by molar-refractivity contribution is 0.576. The standard InChI is InChI=1S/C13H12BrClFNS/c1-7-9(6-11(14)18-7)13(17-2)8-4-3-5-10(15)12(8)16/h3-6,13,17H,1-2H3. The van der Waals surface area contributed by atoms with Gasteiger partial charge in [-0.3, -0.25) is 0 Å². The number of halogens is 3. The fourth-order valence-corrected chi connectivity index (χ4v) is 3.90. The number of hydrogen-bond acceptors (Lipinski definition) is 2. The second kappa shape index (κ2) is 5.70. The minimum absolute atomic E-state index is 0.152. The quantitative estimate of drug-likeness (QED) is 0.830. The van der Waals surface area contributed by atoms with E-state index in [1.54, 1.807) is 29.5 Å². The summed E-state index contributed by atoms with van der Waals surface area (Å²) < 4.78 is 15.1. The summed E-state index contributed by atoms with van der Waals surface area (Å²) in [5.74, 6) is -0.361. The molecule has 0 fully saturated rings. The average Bonchev–Trinajstić information content (AvgIpc) is 2.65. The van der Waals surface area contributed by atoms with Gasteiger partial charge in [-0.05, 0) is 47.6 Å². The molecule has 0 aliphatic heterocycles. The summed E-state index contributed by atoms with van der Waals surface area (Å²) >= 11 is 10.9. The van der Waals surface area contributed by atoms with E-state index in [0.717, 1.165) is 14.2 Å². The molecular weight excluding hydrogens is 337 g/mol. The predicted octanol–water partition coefficient (Wildman–Crippen LogP) is 4.92. The van der Waals surface area contributed by atoms with Gasteiger partial charge >= 0.3 is 0 Å². The first-order valence-corrected chi connectivity index (χ1v) is 7.40. The van der Waals surface area contributed by atoms with Gasteiger partial charge in [-0.1, -0.05) is 23.7 Å². The summed E-state index contributed by atoms with van der Waals surface area (Å²) in [7, 11) is 1.82. The number of thiophene rings is 1. The van der Waals surface area contributed by atoms with E-state index in [9.17, 15) is 4.39 Å². The van der Waals surface area contributed by atoms with Gasteiger partial charge in [0.05, 0.1) is 14.9 Å². The van der Waals surface area contributed by atoms with Crippen LogP contribution in [0.25, 0.3) is 0 Å². The Bertz CT molecular complexity index is 570. The van der Waals surface area contributed by atoms with Gasteiger partial charge in [0.15, 0.2) is 0 Å². The maximum Gasteiger partial charge on any atom is 0.146 e. The smallest absolute Gasteiger partial charge is 0.146 e. The van der Waals surface area contributed by atoms with Crippen molar-refractivity contribution in [2.75, 3.05) is 7.05 Å². The van der Waals surface area contributed by atoms with E-state index in [2.05, 4.69) is 21.2 Å². The largest absolute Gasteiger partial charge is 0.309 e. The fraction of sp³-hybridized carbons (Fsp3) is 0.231. The third-order valence-electron chi connectivity index (χ3n) is 2.82. The van der Waals surface area contributed by atoms with Crippen molar-refractivity contribution >= 4 is 38.9 Å². The van der Waals surface area contributed by atoms with Gasteiger partial charge in [0.1, 0.15) is 5.82 Å². The molecule has 2 rings (SSSR count). The Hall–Kier alpha value is -0.420. The van der Waals surface area contributed by atoms with Crippen LogP contribution in [0.15, 0.2) is 28.1 Å². The van der Waals surface area contributed by atoms with E-state index in [0.29, 0.717) is 5.56 Å². The molecule has 1 atom stereocenters. The van der Waals surface area contributed by atoms with Crippen molar-refractivity contribution in [2.45, 2.75) is 13.0 Å². The highest BCUT2D eigenvalue weighted by atomic mass is 79.9. The number of hydrogen-bond donors (Lipinski definition) is 1. The van der Waals surface area contributed by atoms with E-state index in [1.807, 2.05) is 20.0 Å². The van der Waals surface area contributed by atoms with Gasteiger partial charge in [-0.2, -0.15) is 0 Å². The number of aryl methyl sites for hydroxylation is 1. The number of rotatable bonds is 3. The molecule has 0 radical (unpaired) electrons. The molecule has 18 heavy (non-hydrogen) atoms. The summed E-state index contributed by atoms with van der Waals surface area (Å²) in [6.45, 7) is 2.03. The lowest BCUT2D eigenvalue weighted by atomic mass is 9.99. The first kappa shape index (κ1) is 14.0. The van der Waals surface area contributed by atoms with Gasteiger partial charge in [-0.25, -0.2) is 4.39 Å². The lowest BCUT2D eigenvalue weighted by Crippen LogP contribution is -2.19. The maximum atomic E-state index is 14.1. The topological polar surface area (TPSA) is 12.0 Å². The third-order valence-corrected chi connectivity index (χ3v) is 4.68. The summed E-state index contributed by atoms with van der Waals surface area (Å²) in [6.07, 6.45) is 0. The Morgan fingerprint density at radius 3 is 2.67 bits per heavy atom. The molecule has 1 heterocycles. The molecular formula is C13H12BrClFNS. The van der Waals surface area contributed by atoms with Crippen molar-refractivity contribution in [2.24, 2.45) is 0 Å². The zero-order chi connectivity index (χ0) is 13.3. The van der Waals surface area contributed by atoms with Crippen molar-refractivity contribution in [3.8, 4) is 0 Å². The van der Waals surface area contributed by atoms with Crippen LogP contribution in [-0.4, -0.2) is 7.05 Å². The second-order valence-corrected chi connectivity index (χ2v) is 6.97. The summed E-state index contributed by atoms with van der Waals surface area (Å²) in [6, 6.07) is 6.91. The van der Waals surface area contributed by atoms with Crippen LogP contribution in [0.2, 0.25) is 5.02 Å². The molecule has 0 aliphatic rings. The van der Waals surface area contributed by atoms with Crippen LogP contribution in [0.1, 0.15) is 22.0 Å². The van der Waals surface area contributed by atoms with Crippen LogP contribution in [0.4, 0.5) is 4.39 Å². The molecule has 1 unspecified atom stereocenters. The molecule has 5 heteroatoms. The monoisotopic (exact) mass is 347 g/mol. The van der Waals surface area contributed by atoms with Crippen LogP contribution in [-0.2, 0) is 0 Å². The molecule has 0 bridgehead atoms. The van der Waals surface area contributed by atoms with Gasteiger partial charge in [0.2, 0.25) is 0 Å². The second-order valence-electron chi connectivity index (χ2n) is 3.93. The Kier molecular flexibility index (Phi) is 4.43. The molecule has 96 valence electrons. The molecule has 0 spiro atoms. The predicted molar refractivity (Wildman–Crippen MR) is 79.1 cm³/mol. The minimum Gasteiger partial charge on any atom is -0.309 e. The van der Waals surface area contributed by atoms with Crippen LogP contribution in [0.5, 0.6) is 0 Å². The summed E-state index contributed by atoms with van der Waals surface area (Å²) in [4.78, 5) is 1.15. The van der Waals surface area contributed by atoms with E-state index in [1.165, 1.54) is 0 Å². The van der Waals surface area contributed by atoms with E-state index >= 15 is 0 Å². The average molecular weight is 349 g/mol. The molecule has 1 aromatic carbocycles. The van der Waals surface area contributed by atoms with E-state index in [-0.39, 0.29) is 16.9 Å². The molecule has 1 nitrogen and oxygen atoms in total. The van der Waals surface area contributed by atoms with Crippen LogP contribution >= 0.6 is 38.9 Å². The number of nitrogens with one attached hydrogen (secondary N) is 1. The van der Waals surface area contributed by atoms with E-state index in [4.69, 9.17) is 11.6 Å². The highest BCUT2D eigenvalue weighted by Crippen LogP contribution is 2.35. The lowest BCUT2D eigenvalue weighted by Gasteiger charge is -2.18. The summed E-state index contributed by atoms with van der Waals surface area (Å²) in [5.41, 5.74) is 1.63. The summed E-state index contributed by atoms with van der Waals surface area (Å²) in [5, 5.41) is 3.30.